The zero-order valence-electron chi connectivity index (χ0n) is 17.0. The minimum atomic E-state index is -0.407. The van der Waals surface area contributed by atoms with Gasteiger partial charge in [-0.05, 0) is 19.9 Å². The molecule has 1 saturated heterocycles. The van der Waals surface area contributed by atoms with Crippen molar-refractivity contribution in [3.8, 4) is 0 Å². The van der Waals surface area contributed by atoms with Crippen LogP contribution in [0.5, 0.6) is 0 Å². The standard InChI is InChI=1S/C19H21ClN8O2/c1-10(22-16-6-15(21-3)23-11(2)24-16)13-8-27-7-12(20)5-14(18(27)25-13)28-9-17(29)26(4)19(28)30/h5-8,10H,9H2,1-4H3,(H2,21,22,23,24). The summed E-state index contributed by atoms with van der Waals surface area (Å²) >= 11 is 6.27. The molecule has 1 fully saturated rings. The van der Waals surface area contributed by atoms with Crippen LogP contribution in [0.1, 0.15) is 24.5 Å². The number of urea groups is 1. The molecule has 11 heteroatoms. The topological polar surface area (TPSA) is 108 Å². The quantitative estimate of drug-likeness (QED) is 0.601. The lowest BCUT2D eigenvalue weighted by Crippen LogP contribution is -2.30. The van der Waals surface area contributed by atoms with E-state index in [-0.39, 0.29) is 18.5 Å². The minimum Gasteiger partial charge on any atom is -0.373 e. The van der Waals surface area contributed by atoms with E-state index >= 15 is 0 Å². The van der Waals surface area contributed by atoms with Gasteiger partial charge in [0.1, 0.15) is 24.0 Å². The second kappa shape index (κ2) is 7.45. The van der Waals surface area contributed by atoms with Crippen LogP contribution in [0.25, 0.3) is 5.65 Å². The van der Waals surface area contributed by atoms with Crippen molar-refractivity contribution in [3.05, 3.63) is 41.1 Å². The lowest BCUT2D eigenvalue weighted by Gasteiger charge is -2.16. The van der Waals surface area contributed by atoms with Crippen molar-refractivity contribution in [2.45, 2.75) is 19.9 Å². The monoisotopic (exact) mass is 428 g/mol. The van der Waals surface area contributed by atoms with E-state index in [9.17, 15) is 9.59 Å². The van der Waals surface area contributed by atoms with E-state index < -0.39 is 6.03 Å². The maximum atomic E-state index is 12.5. The van der Waals surface area contributed by atoms with Gasteiger partial charge in [0.25, 0.3) is 0 Å². The molecule has 0 aromatic carbocycles. The van der Waals surface area contributed by atoms with Crippen molar-refractivity contribution in [2.75, 3.05) is 36.2 Å². The summed E-state index contributed by atoms with van der Waals surface area (Å²) in [5, 5.41) is 6.76. The highest BCUT2D eigenvalue weighted by atomic mass is 35.5. The fraction of sp³-hybridized carbons (Fsp3) is 0.316. The average molecular weight is 429 g/mol. The molecule has 1 aliphatic heterocycles. The average Bonchev–Trinajstić information content (AvgIpc) is 3.23. The molecule has 0 aliphatic carbocycles. The van der Waals surface area contributed by atoms with E-state index in [1.54, 1.807) is 23.7 Å². The van der Waals surface area contributed by atoms with E-state index in [1.807, 2.05) is 26.1 Å². The molecule has 0 bridgehead atoms. The van der Waals surface area contributed by atoms with Crippen LogP contribution >= 0.6 is 11.6 Å². The van der Waals surface area contributed by atoms with Gasteiger partial charge in [0, 0.05) is 32.6 Å². The molecule has 1 atom stereocenters. The lowest BCUT2D eigenvalue weighted by molar-refractivity contribution is -0.123. The summed E-state index contributed by atoms with van der Waals surface area (Å²) in [6.45, 7) is 3.73. The fourth-order valence-corrected chi connectivity index (χ4v) is 3.53. The second-order valence-corrected chi connectivity index (χ2v) is 7.50. The molecule has 3 amide bonds. The van der Waals surface area contributed by atoms with Gasteiger partial charge in [-0.1, -0.05) is 11.6 Å². The zero-order valence-corrected chi connectivity index (χ0v) is 17.7. The number of rotatable bonds is 5. The summed E-state index contributed by atoms with van der Waals surface area (Å²) < 4.78 is 1.76. The predicted molar refractivity (Wildman–Crippen MR) is 114 cm³/mol. The molecule has 3 aromatic rings. The smallest absolute Gasteiger partial charge is 0.331 e. The molecule has 3 aromatic heterocycles. The number of pyridine rings is 1. The third-order valence-corrected chi connectivity index (χ3v) is 5.10. The highest BCUT2D eigenvalue weighted by Crippen LogP contribution is 2.30. The van der Waals surface area contributed by atoms with Crippen LogP contribution in [0, 0.1) is 6.92 Å². The number of imidazole rings is 1. The van der Waals surface area contributed by atoms with Crippen LogP contribution in [-0.2, 0) is 4.79 Å². The van der Waals surface area contributed by atoms with Crippen molar-refractivity contribution in [1.82, 2.24) is 24.3 Å². The van der Waals surface area contributed by atoms with Crippen molar-refractivity contribution in [1.29, 1.82) is 0 Å². The molecule has 0 radical (unpaired) electrons. The van der Waals surface area contributed by atoms with Gasteiger partial charge in [-0.15, -0.1) is 0 Å². The first-order valence-corrected chi connectivity index (χ1v) is 9.71. The highest BCUT2D eigenvalue weighted by molar-refractivity contribution is 6.31. The van der Waals surface area contributed by atoms with Gasteiger partial charge >= 0.3 is 6.03 Å². The summed E-state index contributed by atoms with van der Waals surface area (Å²) in [5.41, 5.74) is 1.75. The third kappa shape index (κ3) is 3.50. The number of aromatic nitrogens is 4. The molecular formula is C19H21ClN8O2. The van der Waals surface area contributed by atoms with Crippen LogP contribution in [0.3, 0.4) is 0 Å². The van der Waals surface area contributed by atoms with Crippen molar-refractivity contribution >= 4 is 46.5 Å². The number of anilines is 3. The second-order valence-electron chi connectivity index (χ2n) is 7.06. The van der Waals surface area contributed by atoms with Crippen molar-refractivity contribution in [3.63, 3.8) is 0 Å². The molecule has 1 aliphatic rings. The van der Waals surface area contributed by atoms with Gasteiger partial charge in [0.2, 0.25) is 5.91 Å². The van der Waals surface area contributed by atoms with Crippen LogP contribution < -0.4 is 15.5 Å². The first kappa shape index (κ1) is 19.9. The van der Waals surface area contributed by atoms with Crippen LogP contribution in [0.2, 0.25) is 5.02 Å². The van der Waals surface area contributed by atoms with E-state index in [0.29, 0.717) is 33.8 Å². The van der Waals surface area contributed by atoms with E-state index in [1.165, 1.54) is 11.9 Å². The van der Waals surface area contributed by atoms with Gasteiger partial charge in [0.15, 0.2) is 5.65 Å². The Morgan fingerprint density at radius 1 is 1.13 bits per heavy atom. The summed E-state index contributed by atoms with van der Waals surface area (Å²) in [7, 11) is 3.25. The van der Waals surface area contributed by atoms with Gasteiger partial charge in [0.05, 0.1) is 22.4 Å². The Bertz CT molecular complexity index is 1160. The van der Waals surface area contributed by atoms with Gasteiger partial charge in [-0.25, -0.2) is 19.7 Å². The third-order valence-electron chi connectivity index (χ3n) is 4.90. The van der Waals surface area contributed by atoms with Crippen molar-refractivity contribution < 1.29 is 9.59 Å². The summed E-state index contributed by atoms with van der Waals surface area (Å²) in [6, 6.07) is 2.86. The van der Waals surface area contributed by atoms with Crippen molar-refractivity contribution in [2.24, 2.45) is 0 Å². The summed E-state index contributed by atoms with van der Waals surface area (Å²) in [6.07, 6.45) is 3.55. The number of likely N-dealkylation sites (N-methyl/N-ethyl adjacent to an activating group) is 1. The van der Waals surface area contributed by atoms with E-state index in [0.717, 1.165) is 10.6 Å². The Hall–Kier alpha value is -3.40. The molecule has 4 heterocycles. The Morgan fingerprint density at radius 3 is 2.53 bits per heavy atom. The number of carbonyl (C=O) groups excluding carboxylic acids is 2. The first-order valence-electron chi connectivity index (χ1n) is 9.33. The largest absolute Gasteiger partial charge is 0.373 e. The first-order chi connectivity index (χ1) is 14.3. The molecule has 156 valence electrons. The number of carbonyl (C=O) groups is 2. The predicted octanol–water partition coefficient (Wildman–Crippen LogP) is 2.70. The van der Waals surface area contributed by atoms with Gasteiger partial charge < -0.3 is 15.0 Å². The van der Waals surface area contributed by atoms with Crippen LogP contribution in [-0.4, -0.2) is 56.8 Å². The molecule has 1 unspecified atom stereocenters. The Kier molecular flexibility index (Phi) is 4.94. The highest BCUT2D eigenvalue weighted by Gasteiger charge is 2.35. The Balaban J connectivity index is 1.69. The summed E-state index contributed by atoms with van der Waals surface area (Å²) in [4.78, 5) is 40.3. The van der Waals surface area contributed by atoms with Crippen LogP contribution in [0.4, 0.5) is 22.1 Å². The number of nitrogens with one attached hydrogen (secondary N) is 2. The number of imide groups is 1. The Labute approximate surface area is 177 Å². The molecule has 10 nitrogen and oxygen atoms in total. The molecule has 4 rings (SSSR count). The number of hydrogen-bond acceptors (Lipinski definition) is 7. The van der Waals surface area contributed by atoms with E-state index in [4.69, 9.17) is 16.6 Å². The number of halogens is 1. The zero-order chi connectivity index (χ0) is 21.6. The maximum Gasteiger partial charge on any atom is 0.331 e. The molecule has 30 heavy (non-hydrogen) atoms. The molecular weight excluding hydrogens is 408 g/mol. The molecule has 2 N–H and O–H groups in total. The maximum absolute atomic E-state index is 12.5. The SMILES string of the molecule is CNc1cc(NC(C)c2cn3cc(Cl)cc(N4CC(=O)N(C)C4=O)c3n2)nc(C)n1. The number of aryl methyl sites for hydroxylation is 1. The molecule has 0 spiro atoms. The van der Waals surface area contributed by atoms with Gasteiger partial charge in [-0.3, -0.25) is 14.6 Å². The number of amides is 3. The van der Waals surface area contributed by atoms with E-state index in [2.05, 4.69) is 20.6 Å². The molecule has 0 saturated carbocycles. The van der Waals surface area contributed by atoms with Gasteiger partial charge in [-0.2, -0.15) is 0 Å². The normalized spacial score (nSPS) is 15.2. The number of nitrogens with zero attached hydrogens (tertiary/aromatic N) is 6. The Morgan fingerprint density at radius 2 is 1.87 bits per heavy atom. The lowest BCUT2D eigenvalue weighted by atomic mass is 10.2. The number of hydrogen-bond donors (Lipinski definition) is 2. The summed E-state index contributed by atoms with van der Waals surface area (Å²) in [5.74, 6) is 1.74. The fourth-order valence-electron chi connectivity index (χ4n) is 3.32. The van der Waals surface area contributed by atoms with Crippen LogP contribution in [0.15, 0.2) is 24.5 Å². The minimum absolute atomic E-state index is 0.0473. The number of fused-ring (bicyclic) bond motifs is 1.